The van der Waals surface area contributed by atoms with Gasteiger partial charge in [0.05, 0.1) is 6.42 Å². The van der Waals surface area contributed by atoms with E-state index in [-0.39, 0.29) is 30.5 Å². The highest BCUT2D eigenvalue weighted by Crippen LogP contribution is 2.18. The first-order valence-corrected chi connectivity index (χ1v) is 8.23. The van der Waals surface area contributed by atoms with Gasteiger partial charge in [-0.1, -0.05) is 0 Å². The summed E-state index contributed by atoms with van der Waals surface area (Å²) in [5.41, 5.74) is 0. The molecule has 2 rings (SSSR count). The number of nitrogens with zero attached hydrogens (tertiary/aromatic N) is 5. The Kier molecular flexibility index (Phi) is 9.91. The summed E-state index contributed by atoms with van der Waals surface area (Å²) in [6, 6.07) is 1.79. The second kappa shape index (κ2) is 11.4. The Labute approximate surface area is 168 Å². The topological polar surface area (TPSA) is 68.7 Å². The molecular formula is C15H25F3IN7. The summed E-state index contributed by atoms with van der Waals surface area (Å²) in [6.45, 7) is 4.71. The molecule has 0 unspecified atom stereocenters. The van der Waals surface area contributed by atoms with Crippen LogP contribution in [0, 0.1) is 0 Å². The summed E-state index contributed by atoms with van der Waals surface area (Å²) in [4.78, 5) is 16.9. The summed E-state index contributed by atoms with van der Waals surface area (Å²) in [5, 5.41) is 5.71. The van der Waals surface area contributed by atoms with Crippen molar-refractivity contribution in [3.8, 4) is 0 Å². The summed E-state index contributed by atoms with van der Waals surface area (Å²) in [5.74, 6) is 1.13. The van der Waals surface area contributed by atoms with Crippen molar-refractivity contribution in [2.75, 3.05) is 57.8 Å². The van der Waals surface area contributed by atoms with Crippen LogP contribution < -0.4 is 15.5 Å². The van der Waals surface area contributed by atoms with E-state index in [9.17, 15) is 13.2 Å². The van der Waals surface area contributed by atoms with Gasteiger partial charge >= 0.3 is 6.18 Å². The zero-order chi connectivity index (χ0) is 18.1. The summed E-state index contributed by atoms with van der Waals surface area (Å²) in [7, 11) is 1.54. The van der Waals surface area contributed by atoms with Crippen LogP contribution in [-0.4, -0.2) is 79.9 Å². The third-order valence-electron chi connectivity index (χ3n) is 3.85. The van der Waals surface area contributed by atoms with E-state index in [0.29, 0.717) is 12.5 Å². The lowest BCUT2D eigenvalue weighted by molar-refractivity contribution is -0.132. The van der Waals surface area contributed by atoms with Gasteiger partial charge in [0.25, 0.3) is 0 Å². The zero-order valence-corrected chi connectivity index (χ0v) is 17.0. The quantitative estimate of drug-likeness (QED) is 0.359. The molecule has 1 aromatic heterocycles. The molecule has 0 amide bonds. The van der Waals surface area contributed by atoms with E-state index in [1.165, 1.54) is 0 Å². The molecule has 0 saturated carbocycles. The van der Waals surface area contributed by atoms with Crippen molar-refractivity contribution in [1.82, 2.24) is 25.5 Å². The number of piperazine rings is 1. The Morgan fingerprint density at radius 2 is 1.73 bits per heavy atom. The number of aromatic nitrogens is 2. The minimum Gasteiger partial charge on any atom is -0.356 e. The van der Waals surface area contributed by atoms with Gasteiger partial charge in [0, 0.05) is 65.3 Å². The number of anilines is 1. The Morgan fingerprint density at radius 3 is 2.31 bits per heavy atom. The minimum atomic E-state index is -4.16. The van der Waals surface area contributed by atoms with Crippen molar-refractivity contribution < 1.29 is 13.2 Å². The monoisotopic (exact) mass is 487 g/mol. The molecule has 1 aliphatic rings. The Bertz CT molecular complexity index is 534. The lowest BCUT2D eigenvalue weighted by atomic mass is 10.3. The molecule has 1 aliphatic heterocycles. The number of halogens is 4. The molecule has 26 heavy (non-hydrogen) atoms. The lowest BCUT2D eigenvalue weighted by Gasteiger charge is -2.34. The number of hydrogen-bond donors (Lipinski definition) is 2. The highest BCUT2D eigenvalue weighted by molar-refractivity contribution is 14.0. The Balaban J connectivity index is 0.00000338. The van der Waals surface area contributed by atoms with Gasteiger partial charge in [-0.2, -0.15) is 13.2 Å². The van der Waals surface area contributed by atoms with Crippen molar-refractivity contribution >= 4 is 35.9 Å². The van der Waals surface area contributed by atoms with Gasteiger partial charge < -0.3 is 15.5 Å². The second-order valence-electron chi connectivity index (χ2n) is 5.67. The van der Waals surface area contributed by atoms with E-state index < -0.39 is 12.6 Å². The maximum atomic E-state index is 12.1. The molecule has 0 aromatic carbocycles. The Hall–Kier alpha value is -1.37. The molecule has 11 heteroatoms. The molecule has 0 atom stereocenters. The van der Waals surface area contributed by atoms with Gasteiger partial charge in [0.2, 0.25) is 5.95 Å². The molecule has 0 spiro atoms. The van der Waals surface area contributed by atoms with Crippen molar-refractivity contribution in [1.29, 1.82) is 0 Å². The first kappa shape index (κ1) is 22.7. The normalized spacial score (nSPS) is 16.2. The molecule has 1 fully saturated rings. The van der Waals surface area contributed by atoms with Crippen LogP contribution in [0.5, 0.6) is 0 Å². The molecule has 0 radical (unpaired) electrons. The van der Waals surface area contributed by atoms with Crippen LogP contribution in [0.25, 0.3) is 0 Å². The highest BCUT2D eigenvalue weighted by Gasteiger charge is 2.26. The van der Waals surface area contributed by atoms with Crippen LogP contribution in [0.15, 0.2) is 23.5 Å². The van der Waals surface area contributed by atoms with E-state index in [4.69, 9.17) is 0 Å². The van der Waals surface area contributed by atoms with Gasteiger partial charge in [0.15, 0.2) is 5.96 Å². The second-order valence-corrected chi connectivity index (χ2v) is 5.67. The van der Waals surface area contributed by atoms with Crippen LogP contribution in [0.3, 0.4) is 0 Å². The Morgan fingerprint density at radius 1 is 1.12 bits per heavy atom. The number of rotatable bonds is 6. The molecule has 1 saturated heterocycles. The number of aliphatic imine (C=N–C) groups is 1. The average molecular weight is 487 g/mol. The predicted octanol–water partition coefficient (Wildman–Crippen LogP) is 1.33. The number of alkyl halides is 3. The van der Waals surface area contributed by atoms with E-state index in [0.717, 1.165) is 38.7 Å². The fourth-order valence-corrected chi connectivity index (χ4v) is 2.50. The molecular weight excluding hydrogens is 462 g/mol. The van der Waals surface area contributed by atoms with Crippen molar-refractivity contribution in [2.45, 2.75) is 12.6 Å². The number of hydrogen-bond acceptors (Lipinski definition) is 5. The maximum absolute atomic E-state index is 12.1. The highest BCUT2D eigenvalue weighted by atomic mass is 127. The van der Waals surface area contributed by atoms with Crippen molar-refractivity contribution in [2.24, 2.45) is 4.99 Å². The fourth-order valence-electron chi connectivity index (χ4n) is 2.50. The van der Waals surface area contributed by atoms with E-state index in [1.54, 1.807) is 25.5 Å². The SMILES string of the molecule is CN=C(NCCN1CCN(c2ncccn2)CC1)NCCC(F)(F)F.I. The molecule has 0 bridgehead atoms. The third kappa shape index (κ3) is 8.34. The smallest absolute Gasteiger partial charge is 0.356 e. The summed E-state index contributed by atoms with van der Waals surface area (Å²) >= 11 is 0. The maximum Gasteiger partial charge on any atom is 0.390 e. The van der Waals surface area contributed by atoms with E-state index in [1.807, 2.05) is 0 Å². The first-order valence-electron chi connectivity index (χ1n) is 8.23. The largest absolute Gasteiger partial charge is 0.390 e. The molecule has 1 aromatic rings. The molecule has 0 aliphatic carbocycles. The van der Waals surface area contributed by atoms with Gasteiger partial charge in [-0.25, -0.2) is 9.97 Å². The molecule has 7 nitrogen and oxygen atoms in total. The number of nitrogens with one attached hydrogen (secondary N) is 2. The zero-order valence-electron chi connectivity index (χ0n) is 14.7. The van der Waals surface area contributed by atoms with E-state index in [2.05, 4.69) is 35.4 Å². The molecule has 2 heterocycles. The van der Waals surface area contributed by atoms with Crippen molar-refractivity contribution in [3.05, 3.63) is 18.5 Å². The van der Waals surface area contributed by atoms with Gasteiger partial charge in [-0.15, -0.1) is 24.0 Å². The molecule has 2 N–H and O–H groups in total. The lowest BCUT2D eigenvalue weighted by Crippen LogP contribution is -2.49. The van der Waals surface area contributed by atoms with Crippen LogP contribution in [0.1, 0.15) is 6.42 Å². The van der Waals surface area contributed by atoms with Crippen LogP contribution in [0.2, 0.25) is 0 Å². The van der Waals surface area contributed by atoms with Gasteiger partial charge in [-0.05, 0) is 6.07 Å². The van der Waals surface area contributed by atoms with Gasteiger partial charge in [-0.3, -0.25) is 9.89 Å². The van der Waals surface area contributed by atoms with Gasteiger partial charge in [0.1, 0.15) is 0 Å². The average Bonchev–Trinajstić information content (AvgIpc) is 2.61. The van der Waals surface area contributed by atoms with Crippen LogP contribution in [0.4, 0.5) is 19.1 Å². The number of guanidine groups is 1. The van der Waals surface area contributed by atoms with Crippen LogP contribution >= 0.6 is 24.0 Å². The van der Waals surface area contributed by atoms with Crippen molar-refractivity contribution in [3.63, 3.8) is 0 Å². The van der Waals surface area contributed by atoms with Crippen LogP contribution in [-0.2, 0) is 0 Å². The fraction of sp³-hybridized carbons (Fsp3) is 0.667. The summed E-state index contributed by atoms with van der Waals surface area (Å²) < 4.78 is 36.4. The first-order chi connectivity index (χ1) is 12.0. The third-order valence-corrected chi connectivity index (χ3v) is 3.85. The summed E-state index contributed by atoms with van der Waals surface area (Å²) in [6.07, 6.45) is -1.57. The predicted molar refractivity (Wildman–Crippen MR) is 106 cm³/mol. The molecule has 148 valence electrons. The standard InChI is InChI=1S/C15H24F3N7.HI/c1-19-13(20-6-3-15(16,17)18)21-7-8-24-9-11-25(12-10-24)14-22-4-2-5-23-14;/h2,4-5H,3,6-12H2,1H3,(H2,19,20,21);1H. The minimum absolute atomic E-state index is 0. The van der Waals surface area contributed by atoms with E-state index >= 15 is 0 Å².